The van der Waals surface area contributed by atoms with E-state index in [1.807, 2.05) is 18.2 Å². The fraction of sp³-hybridized carbons (Fsp3) is 0.562. The monoisotopic (exact) mass is 273 g/mol. The Morgan fingerprint density at radius 1 is 1.40 bits per heavy atom. The number of hydrogen-bond acceptors (Lipinski definition) is 4. The van der Waals surface area contributed by atoms with Crippen LogP contribution in [0.2, 0.25) is 0 Å². The summed E-state index contributed by atoms with van der Waals surface area (Å²) in [6.45, 7) is 4.07. The summed E-state index contributed by atoms with van der Waals surface area (Å²) in [5.41, 5.74) is 0.612. The minimum absolute atomic E-state index is 0.612. The van der Waals surface area contributed by atoms with E-state index in [1.54, 1.807) is 6.07 Å². The molecule has 108 valence electrons. The number of ether oxygens (including phenoxy) is 1. The largest absolute Gasteiger partial charge is 0.492 e. The molecular formula is C16H23N3O. The summed E-state index contributed by atoms with van der Waals surface area (Å²) >= 11 is 0. The summed E-state index contributed by atoms with van der Waals surface area (Å²) in [5.74, 6) is 0.697. The van der Waals surface area contributed by atoms with E-state index in [-0.39, 0.29) is 0 Å². The molecule has 0 bridgehead atoms. The first-order chi connectivity index (χ1) is 9.70. The number of likely N-dealkylation sites (N-methyl/N-ethyl adjacent to an activating group) is 1. The zero-order valence-corrected chi connectivity index (χ0v) is 12.4. The van der Waals surface area contributed by atoms with Crippen molar-refractivity contribution in [2.45, 2.75) is 18.9 Å². The Kier molecular flexibility index (Phi) is 5.40. The van der Waals surface area contributed by atoms with Crippen molar-refractivity contribution in [2.75, 3.05) is 40.3 Å². The molecule has 20 heavy (non-hydrogen) atoms. The van der Waals surface area contributed by atoms with E-state index in [4.69, 9.17) is 10.00 Å². The molecule has 1 saturated heterocycles. The average Bonchev–Trinajstić information content (AvgIpc) is 2.93. The van der Waals surface area contributed by atoms with Gasteiger partial charge in [0.25, 0.3) is 0 Å². The first-order valence-electron chi connectivity index (χ1n) is 7.21. The maximum Gasteiger partial charge on any atom is 0.137 e. The summed E-state index contributed by atoms with van der Waals surface area (Å²) in [7, 11) is 4.30. The smallest absolute Gasteiger partial charge is 0.137 e. The molecule has 2 rings (SSSR count). The molecule has 0 radical (unpaired) electrons. The van der Waals surface area contributed by atoms with Gasteiger partial charge in [-0.15, -0.1) is 0 Å². The third-order valence-corrected chi connectivity index (χ3v) is 3.86. The second kappa shape index (κ2) is 7.28. The fourth-order valence-corrected chi connectivity index (χ4v) is 2.59. The first kappa shape index (κ1) is 14.8. The molecule has 0 spiro atoms. The highest BCUT2D eigenvalue weighted by Gasteiger charge is 2.23. The SMILES string of the molecule is CN(C)C1CCN(CCCOc2ccccc2C#N)C1. The van der Waals surface area contributed by atoms with Gasteiger partial charge in [0.05, 0.1) is 12.2 Å². The highest BCUT2D eigenvalue weighted by atomic mass is 16.5. The summed E-state index contributed by atoms with van der Waals surface area (Å²) < 4.78 is 5.70. The van der Waals surface area contributed by atoms with E-state index in [2.05, 4.69) is 30.0 Å². The Labute approximate surface area is 121 Å². The average molecular weight is 273 g/mol. The zero-order chi connectivity index (χ0) is 14.4. The number of likely N-dealkylation sites (tertiary alicyclic amines) is 1. The summed E-state index contributed by atoms with van der Waals surface area (Å²) in [4.78, 5) is 4.80. The molecule has 0 aliphatic carbocycles. The minimum Gasteiger partial charge on any atom is -0.492 e. The molecule has 0 N–H and O–H groups in total. The Balaban J connectivity index is 1.69. The molecule has 4 heteroatoms. The van der Waals surface area contributed by atoms with Crippen LogP contribution in [0.15, 0.2) is 24.3 Å². The Hall–Kier alpha value is -1.57. The fourth-order valence-electron chi connectivity index (χ4n) is 2.59. The van der Waals surface area contributed by atoms with Crippen LogP contribution in [0.3, 0.4) is 0 Å². The molecule has 1 unspecified atom stereocenters. The van der Waals surface area contributed by atoms with E-state index < -0.39 is 0 Å². The number of nitrogens with zero attached hydrogens (tertiary/aromatic N) is 3. The molecule has 1 fully saturated rings. The number of nitriles is 1. The quantitative estimate of drug-likeness (QED) is 0.743. The number of benzene rings is 1. The van der Waals surface area contributed by atoms with E-state index >= 15 is 0 Å². The lowest BCUT2D eigenvalue weighted by Gasteiger charge is -2.20. The highest BCUT2D eigenvalue weighted by Crippen LogP contribution is 2.17. The van der Waals surface area contributed by atoms with Gasteiger partial charge in [-0.3, -0.25) is 0 Å². The molecule has 1 aromatic carbocycles. The molecule has 1 aromatic rings. The predicted molar refractivity (Wildman–Crippen MR) is 79.8 cm³/mol. The van der Waals surface area contributed by atoms with Gasteiger partial charge < -0.3 is 14.5 Å². The van der Waals surface area contributed by atoms with Crippen molar-refractivity contribution in [1.29, 1.82) is 5.26 Å². The van der Waals surface area contributed by atoms with Crippen molar-refractivity contribution in [3.8, 4) is 11.8 Å². The van der Waals surface area contributed by atoms with Gasteiger partial charge in [0.15, 0.2) is 0 Å². The lowest BCUT2D eigenvalue weighted by molar-refractivity contribution is 0.242. The Morgan fingerprint density at radius 3 is 2.90 bits per heavy atom. The zero-order valence-electron chi connectivity index (χ0n) is 12.4. The van der Waals surface area contributed by atoms with Gasteiger partial charge in [0.1, 0.15) is 11.8 Å². The topological polar surface area (TPSA) is 39.5 Å². The second-order valence-corrected chi connectivity index (χ2v) is 5.52. The summed E-state index contributed by atoms with van der Waals surface area (Å²) in [5, 5.41) is 8.99. The molecule has 1 aliphatic heterocycles. The number of hydrogen-bond donors (Lipinski definition) is 0. The Morgan fingerprint density at radius 2 is 2.20 bits per heavy atom. The first-order valence-corrected chi connectivity index (χ1v) is 7.21. The van der Waals surface area contributed by atoms with Crippen molar-refractivity contribution < 1.29 is 4.74 Å². The number of para-hydroxylation sites is 1. The standard InChI is InChI=1S/C16H23N3O/c1-18(2)15-8-10-19(13-15)9-5-11-20-16-7-4-3-6-14(16)12-17/h3-4,6-7,15H,5,8-11,13H2,1-2H3. The van der Waals surface area contributed by atoms with E-state index in [1.165, 1.54) is 13.0 Å². The molecule has 4 nitrogen and oxygen atoms in total. The van der Waals surface area contributed by atoms with E-state index in [9.17, 15) is 0 Å². The predicted octanol–water partition coefficient (Wildman–Crippen LogP) is 1.96. The van der Waals surface area contributed by atoms with Crippen molar-refractivity contribution in [3.63, 3.8) is 0 Å². The van der Waals surface area contributed by atoms with Gasteiger partial charge in [-0.2, -0.15) is 5.26 Å². The van der Waals surface area contributed by atoms with Crippen LogP contribution in [-0.2, 0) is 0 Å². The van der Waals surface area contributed by atoms with Gasteiger partial charge in [-0.1, -0.05) is 12.1 Å². The molecule has 1 atom stereocenters. The van der Waals surface area contributed by atoms with Gasteiger partial charge >= 0.3 is 0 Å². The van der Waals surface area contributed by atoms with Crippen LogP contribution in [-0.4, -0.2) is 56.2 Å². The van der Waals surface area contributed by atoms with Gasteiger partial charge in [0.2, 0.25) is 0 Å². The van der Waals surface area contributed by atoms with E-state index in [0.717, 1.165) is 19.5 Å². The van der Waals surface area contributed by atoms with Crippen LogP contribution in [0, 0.1) is 11.3 Å². The van der Waals surface area contributed by atoms with Crippen LogP contribution in [0.1, 0.15) is 18.4 Å². The van der Waals surface area contributed by atoms with Crippen molar-refractivity contribution >= 4 is 0 Å². The van der Waals surface area contributed by atoms with Crippen LogP contribution >= 0.6 is 0 Å². The maximum atomic E-state index is 8.99. The third-order valence-electron chi connectivity index (χ3n) is 3.86. The van der Waals surface area contributed by atoms with Crippen LogP contribution in [0.25, 0.3) is 0 Å². The normalized spacial score (nSPS) is 19.2. The molecule has 1 aliphatic rings. The minimum atomic E-state index is 0.612. The van der Waals surface area contributed by atoms with Gasteiger partial charge in [0, 0.05) is 19.1 Å². The molecule has 1 heterocycles. The van der Waals surface area contributed by atoms with Gasteiger partial charge in [-0.05, 0) is 45.6 Å². The lowest BCUT2D eigenvalue weighted by atomic mass is 10.2. The van der Waals surface area contributed by atoms with Crippen LogP contribution in [0.5, 0.6) is 5.75 Å². The summed E-state index contributed by atoms with van der Waals surface area (Å²) in [6, 6.07) is 10.3. The van der Waals surface area contributed by atoms with Crippen molar-refractivity contribution in [3.05, 3.63) is 29.8 Å². The van der Waals surface area contributed by atoms with Crippen molar-refractivity contribution in [2.24, 2.45) is 0 Å². The highest BCUT2D eigenvalue weighted by molar-refractivity contribution is 5.42. The van der Waals surface area contributed by atoms with Crippen molar-refractivity contribution in [1.82, 2.24) is 9.80 Å². The third kappa shape index (κ3) is 3.96. The number of rotatable bonds is 6. The summed E-state index contributed by atoms with van der Waals surface area (Å²) in [6.07, 6.45) is 2.25. The Bertz CT molecular complexity index is 467. The van der Waals surface area contributed by atoms with Crippen LogP contribution < -0.4 is 4.74 Å². The van der Waals surface area contributed by atoms with Gasteiger partial charge in [-0.25, -0.2) is 0 Å². The van der Waals surface area contributed by atoms with Crippen LogP contribution in [0.4, 0.5) is 0 Å². The van der Waals surface area contributed by atoms with E-state index in [0.29, 0.717) is 24.0 Å². The lowest BCUT2D eigenvalue weighted by Crippen LogP contribution is -2.32. The maximum absolute atomic E-state index is 8.99. The molecule has 0 saturated carbocycles. The second-order valence-electron chi connectivity index (χ2n) is 5.52. The molecule has 0 amide bonds. The molecule has 0 aromatic heterocycles. The molecular weight excluding hydrogens is 250 g/mol.